The topological polar surface area (TPSA) is 50.3 Å². The molecule has 2 heterocycles. The van der Waals surface area contributed by atoms with Crippen molar-refractivity contribution in [1.29, 1.82) is 0 Å². The molecule has 4 nitrogen and oxygen atoms in total. The summed E-state index contributed by atoms with van der Waals surface area (Å²) in [5.41, 5.74) is 0.168. The first-order valence-electron chi connectivity index (χ1n) is 11.4. The molecule has 0 N–H and O–H groups in total. The van der Waals surface area contributed by atoms with Crippen molar-refractivity contribution in [2.24, 2.45) is 34.5 Å². The number of carbonyl (C=O) groups excluding carboxylic acids is 2. The van der Waals surface area contributed by atoms with Gasteiger partial charge in [-0.3, -0.25) is 9.59 Å². The Morgan fingerprint density at radius 2 is 1.97 bits per heavy atom. The lowest BCUT2D eigenvalue weighted by molar-refractivity contribution is -0.140. The molecule has 7 atom stereocenters. The molecular formula is C25H32N2O2S. The van der Waals surface area contributed by atoms with Crippen LogP contribution >= 0.6 is 11.8 Å². The van der Waals surface area contributed by atoms with Gasteiger partial charge in [0.25, 0.3) is 0 Å². The zero-order valence-electron chi connectivity index (χ0n) is 18.2. The molecule has 0 bridgehead atoms. The van der Waals surface area contributed by atoms with E-state index in [9.17, 15) is 9.59 Å². The van der Waals surface area contributed by atoms with Gasteiger partial charge in [-0.05, 0) is 91.7 Å². The van der Waals surface area contributed by atoms with Gasteiger partial charge in [0.05, 0.1) is 0 Å². The minimum Gasteiger partial charge on any atom is -0.338 e. The maximum Gasteiger partial charge on any atom is 0.246 e. The van der Waals surface area contributed by atoms with Crippen LogP contribution in [0.2, 0.25) is 0 Å². The van der Waals surface area contributed by atoms with Crippen LogP contribution in [0.3, 0.4) is 0 Å². The fraction of sp³-hybridized carbons (Fsp3) is 0.640. The summed E-state index contributed by atoms with van der Waals surface area (Å²) in [7, 11) is 1.97. The Bertz CT molecular complexity index is 886. The molecule has 3 unspecified atom stereocenters. The number of nitrogens with zero attached hydrogens (tertiary/aromatic N) is 2. The summed E-state index contributed by atoms with van der Waals surface area (Å²) >= 11 is 1.34. The maximum atomic E-state index is 13.3. The molecule has 1 amide bonds. The normalized spacial score (nSPS) is 42.4. The van der Waals surface area contributed by atoms with E-state index in [0.29, 0.717) is 28.9 Å². The molecular weight excluding hydrogens is 392 g/mol. The van der Waals surface area contributed by atoms with E-state index in [0.717, 1.165) is 37.1 Å². The van der Waals surface area contributed by atoms with Gasteiger partial charge in [-0.25, -0.2) is 4.98 Å². The summed E-state index contributed by atoms with van der Waals surface area (Å²) in [6, 6.07) is 6.10. The van der Waals surface area contributed by atoms with E-state index in [-0.39, 0.29) is 22.7 Å². The molecule has 3 aliphatic carbocycles. The van der Waals surface area contributed by atoms with Crippen molar-refractivity contribution in [2.45, 2.75) is 63.4 Å². The van der Waals surface area contributed by atoms with E-state index in [1.807, 2.05) is 30.1 Å². The lowest BCUT2D eigenvalue weighted by atomic mass is 9.48. The van der Waals surface area contributed by atoms with Gasteiger partial charge in [0, 0.05) is 30.6 Å². The quantitative estimate of drug-likeness (QED) is 0.630. The first-order valence-corrected chi connectivity index (χ1v) is 12.2. The Morgan fingerprint density at radius 1 is 1.13 bits per heavy atom. The number of fused-ring (bicyclic) bond motifs is 5. The molecule has 0 saturated heterocycles. The summed E-state index contributed by atoms with van der Waals surface area (Å²) in [4.78, 5) is 31.9. The van der Waals surface area contributed by atoms with Crippen LogP contribution in [0, 0.1) is 34.5 Å². The first-order chi connectivity index (χ1) is 14.3. The van der Waals surface area contributed by atoms with Crippen molar-refractivity contribution in [3.05, 3.63) is 36.5 Å². The average Bonchev–Trinajstić information content (AvgIpc) is 3.09. The maximum absolute atomic E-state index is 13.3. The van der Waals surface area contributed by atoms with Crippen molar-refractivity contribution in [1.82, 2.24) is 9.88 Å². The van der Waals surface area contributed by atoms with Crippen LogP contribution in [0.5, 0.6) is 0 Å². The largest absolute Gasteiger partial charge is 0.338 e. The number of carbonyl (C=O) groups is 2. The van der Waals surface area contributed by atoms with Crippen molar-refractivity contribution < 1.29 is 9.59 Å². The van der Waals surface area contributed by atoms with Gasteiger partial charge in [0.2, 0.25) is 5.91 Å². The van der Waals surface area contributed by atoms with E-state index < -0.39 is 0 Å². The zero-order valence-corrected chi connectivity index (χ0v) is 19.0. The van der Waals surface area contributed by atoms with Crippen molar-refractivity contribution in [2.75, 3.05) is 7.05 Å². The molecule has 0 radical (unpaired) electrons. The molecule has 1 aromatic heterocycles. The van der Waals surface area contributed by atoms with Gasteiger partial charge < -0.3 is 4.90 Å². The highest BCUT2D eigenvalue weighted by atomic mass is 32.2. The molecule has 30 heavy (non-hydrogen) atoms. The molecule has 160 valence electrons. The minimum atomic E-state index is 0.0672. The van der Waals surface area contributed by atoms with Gasteiger partial charge in [-0.15, -0.1) is 0 Å². The molecule has 0 aromatic carbocycles. The number of hydrogen-bond donors (Lipinski definition) is 0. The highest BCUT2D eigenvalue weighted by Gasteiger charge is 2.61. The average molecular weight is 425 g/mol. The number of amides is 1. The SMILES string of the molecule is CN1C(=O)C=C[C@]2(C)C3CC[C@]4(C)[C@@H](C(=O)Sc5ccccn5)CC[C@H]4C3CCC12. The lowest BCUT2D eigenvalue weighted by Gasteiger charge is -2.60. The second kappa shape index (κ2) is 7.22. The molecule has 0 spiro atoms. The highest BCUT2D eigenvalue weighted by molar-refractivity contribution is 8.13. The summed E-state index contributed by atoms with van der Waals surface area (Å²) < 4.78 is 0. The van der Waals surface area contributed by atoms with Gasteiger partial charge in [0.15, 0.2) is 5.12 Å². The number of aromatic nitrogens is 1. The van der Waals surface area contributed by atoms with Gasteiger partial charge in [0.1, 0.15) is 5.03 Å². The summed E-state index contributed by atoms with van der Waals surface area (Å²) in [5.74, 6) is 2.16. The fourth-order valence-corrected chi connectivity index (χ4v) is 8.70. The predicted octanol–water partition coefficient (Wildman–Crippen LogP) is 4.96. The summed E-state index contributed by atoms with van der Waals surface area (Å²) in [6.45, 7) is 4.77. The van der Waals surface area contributed by atoms with Crippen molar-refractivity contribution in [3.8, 4) is 0 Å². The Hall–Kier alpha value is -1.62. The van der Waals surface area contributed by atoms with E-state index in [4.69, 9.17) is 0 Å². The standard InChI is InChI=1S/C25H32N2O2S/c1-24-13-11-18-16(7-10-20-25(18,2)14-12-22(28)27(20)3)17(24)8-9-19(24)23(29)30-21-6-4-5-15-26-21/h4-6,12,14-20H,7-11,13H2,1-3H3/t16?,17-,18?,19+,20?,24-,25+/m0/s1. The molecule has 1 aliphatic heterocycles. The van der Waals surface area contributed by atoms with E-state index >= 15 is 0 Å². The van der Waals surface area contributed by atoms with E-state index in [1.165, 1.54) is 18.2 Å². The van der Waals surface area contributed by atoms with Crippen LogP contribution in [0.1, 0.15) is 52.4 Å². The third-order valence-electron chi connectivity index (χ3n) is 9.26. The number of hydrogen-bond acceptors (Lipinski definition) is 4. The molecule has 5 heteroatoms. The second-order valence-electron chi connectivity index (χ2n) is 10.4. The molecule has 5 rings (SSSR count). The first kappa shape index (κ1) is 20.3. The van der Waals surface area contributed by atoms with Crippen LogP contribution in [-0.2, 0) is 9.59 Å². The molecule has 3 saturated carbocycles. The van der Waals surface area contributed by atoms with Crippen LogP contribution in [0.4, 0.5) is 0 Å². The summed E-state index contributed by atoms with van der Waals surface area (Å²) in [6.07, 6.45) is 12.5. The minimum absolute atomic E-state index is 0.0672. The van der Waals surface area contributed by atoms with Crippen molar-refractivity contribution >= 4 is 22.8 Å². The summed E-state index contributed by atoms with van der Waals surface area (Å²) in [5, 5.41) is 1.12. The highest BCUT2D eigenvalue weighted by Crippen LogP contribution is 2.66. The number of rotatable bonds is 2. The van der Waals surface area contributed by atoms with Crippen molar-refractivity contribution in [3.63, 3.8) is 0 Å². The van der Waals surface area contributed by atoms with E-state index in [1.54, 1.807) is 12.3 Å². The monoisotopic (exact) mass is 424 g/mol. The Kier molecular flexibility index (Phi) is 4.88. The van der Waals surface area contributed by atoms with Crippen LogP contribution in [0.15, 0.2) is 41.6 Å². The number of thioether (sulfide) groups is 1. The fourth-order valence-electron chi connectivity index (χ4n) is 7.71. The third kappa shape index (κ3) is 2.91. The second-order valence-corrected chi connectivity index (χ2v) is 11.4. The third-order valence-corrected chi connectivity index (χ3v) is 10.2. The van der Waals surface area contributed by atoms with Gasteiger partial charge in [-0.1, -0.05) is 26.0 Å². The Labute approximate surface area is 183 Å². The number of likely N-dealkylation sites (N-methyl/N-ethyl adjacent to an activating group) is 1. The van der Waals surface area contributed by atoms with Crippen LogP contribution < -0.4 is 0 Å². The zero-order chi connectivity index (χ0) is 21.1. The van der Waals surface area contributed by atoms with Gasteiger partial charge in [-0.2, -0.15) is 0 Å². The van der Waals surface area contributed by atoms with Gasteiger partial charge >= 0.3 is 0 Å². The van der Waals surface area contributed by atoms with Crippen LogP contribution in [-0.4, -0.2) is 34.0 Å². The number of pyridine rings is 1. The molecule has 4 aliphatic rings. The van der Waals surface area contributed by atoms with E-state index in [2.05, 4.69) is 24.9 Å². The molecule has 3 fully saturated rings. The Morgan fingerprint density at radius 3 is 2.73 bits per heavy atom. The lowest BCUT2D eigenvalue weighted by Crippen LogP contribution is -2.59. The Balaban J connectivity index is 1.38. The van der Waals surface area contributed by atoms with Crippen LogP contribution in [0.25, 0.3) is 0 Å². The predicted molar refractivity (Wildman–Crippen MR) is 119 cm³/mol. The smallest absolute Gasteiger partial charge is 0.246 e. The molecule has 1 aromatic rings.